The normalized spacial score (nSPS) is 17.4. The topological polar surface area (TPSA) is 87.7 Å². The summed E-state index contributed by atoms with van der Waals surface area (Å²) in [7, 11) is 0. The molecule has 0 radical (unpaired) electrons. The lowest BCUT2D eigenvalue weighted by Crippen LogP contribution is -2.39. The highest BCUT2D eigenvalue weighted by Crippen LogP contribution is 2.26. The van der Waals surface area contributed by atoms with Crippen molar-refractivity contribution in [2.24, 2.45) is 0 Å². The van der Waals surface area contributed by atoms with Crippen molar-refractivity contribution in [2.75, 3.05) is 13.1 Å². The predicted octanol–water partition coefficient (Wildman–Crippen LogP) is 2.28. The molecule has 25 heavy (non-hydrogen) atoms. The first kappa shape index (κ1) is 15.4. The van der Waals surface area contributed by atoms with Crippen LogP contribution in [0.1, 0.15) is 34.9 Å². The quantitative estimate of drug-likeness (QED) is 0.794. The number of rotatable bonds is 3. The Morgan fingerprint density at radius 1 is 1.20 bits per heavy atom. The average molecular weight is 334 g/mol. The molecule has 0 aliphatic carbocycles. The van der Waals surface area contributed by atoms with Gasteiger partial charge >= 0.3 is 0 Å². The van der Waals surface area contributed by atoms with Crippen LogP contribution in [0.5, 0.6) is 0 Å². The molecule has 1 N–H and O–H groups in total. The van der Waals surface area contributed by atoms with Gasteiger partial charge in [-0.25, -0.2) is 0 Å². The summed E-state index contributed by atoms with van der Waals surface area (Å²) in [5, 5.41) is 7.10. The van der Waals surface area contributed by atoms with Gasteiger partial charge in [-0.05, 0) is 31.0 Å². The van der Waals surface area contributed by atoms with Crippen LogP contribution in [0.4, 0.5) is 0 Å². The van der Waals surface area contributed by atoms with Crippen LogP contribution >= 0.6 is 0 Å². The molecule has 1 fully saturated rings. The molecule has 3 aromatic heterocycles. The van der Waals surface area contributed by atoms with Gasteiger partial charge in [0.2, 0.25) is 0 Å². The van der Waals surface area contributed by atoms with E-state index in [1.54, 1.807) is 37.1 Å². The number of likely N-dealkylation sites (tertiary alicyclic amines) is 1. The Morgan fingerprint density at radius 3 is 2.92 bits per heavy atom. The molecular weight excluding hydrogens is 316 g/mol. The molecule has 7 nitrogen and oxygen atoms in total. The zero-order valence-electron chi connectivity index (χ0n) is 13.7. The number of H-pyrrole nitrogens is 1. The zero-order valence-corrected chi connectivity index (χ0v) is 13.7. The fourth-order valence-electron chi connectivity index (χ4n) is 3.19. The van der Waals surface area contributed by atoms with E-state index >= 15 is 0 Å². The fourth-order valence-corrected chi connectivity index (χ4v) is 3.19. The van der Waals surface area contributed by atoms with E-state index in [2.05, 4.69) is 25.1 Å². The van der Waals surface area contributed by atoms with Gasteiger partial charge in [-0.1, -0.05) is 0 Å². The smallest absolute Gasteiger partial charge is 0.271 e. The molecular formula is C18H18N6O. The van der Waals surface area contributed by atoms with Crippen LogP contribution in [0.2, 0.25) is 0 Å². The summed E-state index contributed by atoms with van der Waals surface area (Å²) in [6.45, 7) is 1.40. The number of amides is 1. The molecule has 0 aromatic carbocycles. The Bertz CT molecular complexity index is 848. The lowest BCUT2D eigenvalue weighted by Gasteiger charge is -2.32. The number of pyridine rings is 1. The van der Waals surface area contributed by atoms with Gasteiger partial charge in [0.1, 0.15) is 5.69 Å². The molecule has 1 aliphatic rings. The van der Waals surface area contributed by atoms with Gasteiger partial charge in [-0.15, -0.1) is 0 Å². The van der Waals surface area contributed by atoms with Crippen molar-refractivity contribution in [3.63, 3.8) is 0 Å². The van der Waals surface area contributed by atoms with E-state index < -0.39 is 0 Å². The minimum Gasteiger partial charge on any atom is -0.337 e. The molecule has 4 rings (SSSR count). The van der Waals surface area contributed by atoms with Crippen molar-refractivity contribution in [3.8, 4) is 11.3 Å². The van der Waals surface area contributed by atoms with Gasteiger partial charge in [-0.3, -0.25) is 24.8 Å². The van der Waals surface area contributed by atoms with E-state index in [1.165, 1.54) is 0 Å². The van der Waals surface area contributed by atoms with Gasteiger partial charge in [0, 0.05) is 55.6 Å². The van der Waals surface area contributed by atoms with Gasteiger partial charge in [-0.2, -0.15) is 5.10 Å². The van der Waals surface area contributed by atoms with Gasteiger partial charge in [0.25, 0.3) is 5.91 Å². The molecule has 3 aromatic rings. The van der Waals surface area contributed by atoms with Crippen LogP contribution in [0, 0.1) is 0 Å². The van der Waals surface area contributed by atoms with Crippen LogP contribution < -0.4 is 0 Å². The van der Waals surface area contributed by atoms with Crippen LogP contribution in [-0.2, 0) is 0 Å². The summed E-state index contributed by atoms with van der Waals surface area (Å²) >= 11 is 0. The van der Waals surface area contributed by atoms with Crippen LogP contribution in [0.3, 0.4) is 0 Å². The third-order valence-corrected chi connectivity index (χ3v) is 4.48. The highest BCUT2D eigenvalue weighted by molar-refractivity contribution is 5.93. The first-order valence-electron chi connectivity index (χ1n) is 8.32. The standard InChI is InChI=1S/C18H18N6O/c25-18(16-9-15(22-23-16)13-3-1-5-19-10-13)24-8-2-4-14(12-24)17-11-20-6-7-21-17/h1,3,5-7,9-11,14H,2,4,8,12H2,(H,22,23)/t14-/m1/s1. The van der Waals surface area contributed by atoms with Gasteiger partial charge < -0.3 is 4.90 Å². The van der Waals surface area contributed by atoms with Crippen molar-refractivity contribution in [2.45, 2.75) is 18.8 Å². The summed E-state index contributed by atoms with van der Waals surface area (Å²) in [6, 6.07) is 5.55. The Hall–Kier alpha value is -3.09. The molecule has 4 heterocycles. The van der Waals surface area contributed by atoms with E-state index in [9.17, 15) is 4.79 Å². The molecule has 0 unspecified atom stereocenters. The Morgan fingerprint density at radius 2 is 2.12 bits per heavy atom. The number of hydrogen-bond acceptors (Lipinski definition) is 5. The summed E-state index contributed by atoms with van der Waals surface area (Å²) in [5.74, 6) is 0.198. The van der Waals surface area contributed by atoms with E-state index in [-0.39, 0.29) is 11.8 Å². The van der Waals surface area contributed by atoms with E-state index in [0.717, 1.165) is 36.3 Å². The summed E-state index contributed by atoms with van der Waals surface area (Å²) < 4.78 is 0. The van der Waals surface area contributed by atoms with E-state index in [0.29, 0.717) is 12.2 Å². The monoisotopic (exact) mass is 334 g/mol. The fraction of sp³-hybridized carbons (Fsp3) is 0.278. The molecule has 1 aliphatic heterocycles. The van der Waals surface area contributed by atoms with Crippen molar-refractivity contribution in [1.82, 2.24) is 30.0 Å². The summed E-state index contributed by atoms with van der Waals surface area (Å²) in [5.41, 5.74) is 3.05. The van der Waals surface area contributed by atoms with Crippen molar-refractivity contribution in [3.05, 3.63) is 60.6 Å². The van der Waals surface area contributed by atoms with Crippen molar-refractivity contribution < 1.29 is 4.79 Å². The predicted molar refractivity (Wildman–Crippen MR) is 91.7 cm³/mol. The van der Waals surface area contributed by atoms with Crippen LogP contribution in [0.15, 0.2) is 49.2 Å². The highest BCUT2D eigenvalue weighted by atomic mass is 16.2. The highest BCUT2D eigenvalue weighted by Gasteiger charge is 2.27. The number of hydrogen-bond donors (Lipinski definition) is 1. The number of carbonyl (C=O) groups is 1. The number of carbonyl (C=O) groups excluding carboxylic acids is 1. The number of piperidine rings is 1. The molecule has 0 spiro atoms. The lowest BCUT2D eigenvalue weighted by molar-refractivity contribution is 0.0699. The third-order valence-electron chi connectivity index (χ3n) is 4.48. The minimum absolute atomic E-state index is 0.0313. The molecule has 1 saturated heterocycles. The Balaban J connectivity index is 1.50. The summed E-state index contributed by atoms with van der Waals surface area (Å²) in [6.07, 6.45) is 10.6. The molecule has 1 amide bonds. The summed E-state index contributed by atoms with van der Waals surface area (Å²) in [4.78, 5) is 27.3. The second-order valence-corrected chi connectivity index (χ2v) is 6.13. The maximum Gasteiger partial charge on any atom is 0.271 e. The van der Waals surface area contributed by atoms with E-state index in [1.807, 2.05) is 17.0 Å². The van der Waals surface area contributed by atoms with Gasteiger partial charge in [0.15, 0.2) is 0 Å². The zero-order chi connectivity index (χ0) is 17.1. The molecule has 7 heteroatoms. The first-order valence-corrected chi connectivity index (χ1v) is 8.32. The second-order valence-electron chi connectivity index (χ2n) is 6.13. The van der Waals surface area contributed by atoms with Crippen molar-refractivity contribution in [1.29, 1.82) is 0 Å². The number of aromatic nitrogens is 5. The molecule has 0 bridgehead atoms. The SMILES string of the molecule is O=C(c1cc(-c2cccnc2)n[nH]1)N1CCC[C@@H](c2cnccn2)C1. The lowest BCUT2D eigenvalue weighted by atomic mass is 9.95. The molecule has 126 valence electrons. The first-order chi connectivity index (χ1) is 12.3. The van der Waals surface area contributed by atoms with Crippen molar-refractivity contribution >= 4 is 5.91 Å². The maximum atomic E-state index is 12.8. The van der Waals surface area contributed by atoms with Gasteiger partial charge in [0.05, 0.1) is 11.4 Å². The molecule has 1 atom stereocenters. The number of nitrogens with one attached hydrogen (secondary N) is 1. The Kier molecular flexibility index (Phi) is 4.20. The molecule has 0 saturated carbocycles. The minimum atomic E-state index is -0.0313. The largest absolute Gasteiger partial charge is 0.337 e. The number of aromatic amines is 1. The van der Waals surface area contributed by atoms with Crippen LogP contribution in [-0.4, -0.2) is 49.0 Å². The average Bonchev–Trinajstić information content (AvgIpc) is 3.19. The van der Waals surface area contributed by atoms with E-state index in [4.69, 9.17) is 0 Å². The van der Waals surface area contributed by atoms with Crippen LogP contribution in [0.25, 0.3) is 11.3 Å². The maximum absolute atomic E-state index is 12.8. The Labute approximate surface area is 145 Å². The number of nitrogens with zero attached hydrogens (tertiary/aromatic N) is 5. The second kappa shape index (κ2) is 6.80. The third kappa shape index (κ3) is 3.26.